The first-order valence-corrected chi connectivity index (χ1v) is 7.08. The van der Waals surface area contributed by atoms with E-state index in [4.69, 9.17) is 0 Å². The van der Waals surface area contributed by atoms with Gasteiger partial charge in [-0.3, -0.25) is 0 Å². The van der Waals surface area contributed by atoms with Crippen LogP contribution in [0, 0.1) is 0 Å². The number of hydrogen-bond acceptors (Lipinski definition) is 1. The van der Waals surface area contributed by atoms with Gasteiger partial charge >= 0.3 is 0 Å². The largest absolute Gasteiger partial charge is 0.334 e. The molecule has 1 atom stereocenters. The van der Waals surface area contributed by atoms with Crippen LogP contribution in [-0.2, 0) is 0 Å². The standard InChI is InChI=1S/C19H19N/c1-16-9-8-14-19(15-16)20(17-10-4-2-5-11-17)18-12-6-3-7-13-18/h2-14,19H,15H2,1H3. The number of allylic oxidation sites excluding steroid dienone is 2. The van der Waals surface area contributed by atoms with Crippen LogP contribution in [0.25, 0.3) is 0 Å². The van der Waals surface area contributed by atoms with Crippen molar-refractivity contribution >= 4 is 11.4 Å². The molecule has 0 aliphatic heterocycles. The van der Waals surface area contributed by atoms with E-state index in [1.54, 1.807) is 0 Å². The third-order valence-corrected chi connectivity index (χ3v) is 3.65. The summed E-state index contributed by atoms with van der Waals surface area (Å²) in [5.74, 6) is 0. The van der Waals surface area contributed by atoms with Gasteiger partial charge in [-0.15, -0.1) is 0 Å². The topological polar surface area (TPSA) is 3.24 Å². The summed E-state index contributed by atoms with van der Waals surface area (Å²) in [5.41, 5.74) is 3.90. The number of benzene rings is 2. The minimum absolute atomic E-state index is 0.379. The van der Waals surface area contributed by atoms with Gasteiger partial charge in [0.15, 0.2) is 0 Å². The zero-order valence-corrected chi connectivity index (χ0v) is 11.7. The average Bonchev–Trinajstić information content (AvgIpc) is 2.50. The maximum Gasteiger partial charge on any atom is 0.0562 e. The van der Waals surface area contributed by atoms with Gasteiger partial charge in [0.25, 0.3) is 0 Å². The number of nitrogens with zero attached hydrogens (tertiary/aromatic N) is 1. The molecule has 0 aromatic heterocycles. The summed E-state index contributed by atoms with van der Waals surface area (Å²) >= 11 is 0. The van der Waals surface area contributed by atoms with Crippen molar-refractivity contribution in [3.63, 3.8) is 0 Å². The summed E-state index contributed by atoms with van der Waals surface area (Å²) < 4.78 is 0. The van der Waals surface area contributed by atoms with E-state index in [9.17, 15) is 0 Å². The quantitative estimate of drug-likeness (QED) is 0.743. The molecular formula is C19H19N. The van der Waals surface area contributed by atoms with E-state index in [0.29, 0.717) is 6.04 Å². The lowest BCUT2D eigenvalue weighted by Crippen LogP contribution is -2.30. The molecule has 1 unspecified atom stereocenters. The molecule has 0 bridgehead atoms. The summed E-state index contributed by atoms with van der Waals surface area (Å²) in [6.45, 7) is 2.20. The summed E-state index contributed by atoms with van der Waals surface area (Å²) in [6, 6.07) is 21.6. The lowest BCUT2D eigenvalue weighted by atomic mass is 9.99. The van der Waals surface area contributed by atoms with E-state index in [1.165, 1.54) is 16.9 Å². The highest BCUT2D eigenvalue weighted by Crippen LogP contribution is 2.31. The molecule has 2 aromatic rings. The van der Waals surface area contributed by atoms with Crippen LogP contribution in [0.1, 0.15) is 13.3 Å². The fraction of sp³-hybridized carbons (Fsp3) is 0.158. The smallest absolute Gasteiger partial charge is 0.0562 e. The van der Waals surface area contributed by atoms with Gasteiger partial charge in [-0.1, -0.05) is 60.2 Å². The zero-order chi connectivity index (χ0) is 13.8. The third-order valence-electron chi connectivity index (χ3n) is 3.65. The molecule has 0 amide bonds. The fourth-order valence-corrected chi connectivity index (χ4v) is 2.70. The third kappa shape index (κ3) is 2.67. The first kappa shape index (κ1) is 12.7. The second kappa shape index (κ2) is 5.79. The molecule has 1 aliphatic rings. The van der Waals surface area contributed by atoms with Crippen molar-refractivity contribution in [2.24, 2.45) is 0 Å². The summed E-state index contributed by atoms with van der Waals surface area (Å²) in [5, 5.41) is 0. The first-order valence-electron chi connectivity index (χ1n) is 7.08. The van der Waals surface area contributed by atoms with Crippen molar-refractivity contribution in [2.75, 3.05) is 4.90 Å². The molecule has 2 aromatic carbocycles. The summed E-state index contributed by atoms with van der Waals surface area (Å²) in [7, 11) is 0. The predicted molar refractivity (Wildman–Crippen MR) is 86.3 cm³/mol. The highest BCUT2D eigenvalue weighted by molar-refractivity contribution is 5.65. The van der Waals surface area contributed by atoms with Crippen LogP contribution in [0.15, 0.2) is 84.5 Å². The SMILES string of the molecule is CC1=CC=CC(N(c2ccccc2)c2ccccc2)C1. The second-order valence-electron chi connectivity index (χ2n) is 5.21. The molecule has 0 saturated heterocycles. The van der Waals surface area contributed by atoms with E-state index in [2.05, 4.69) is 90.7 Å². The van der Waals surface area contributed by atoms with Crippen molar-refractivity contribution < 1.29 is 0 Å². The van der Waals surface area contributed by atoms with Crippen molar-refractivity contribution in [2.45, 2.75) is 19.4 Å². The van der Waals surface area contributed by atoms with Gasteiger partial charge in [0.05, 0.1) is 6.04 Å². The molecule has 1 heteroatoms. The summed E-state index contributed by atoms with van der Waals surface area (Å²) in [4.78, 5) is 2.41. The van der Waals surface area contributed by atoms with E-state index < -0.39 is 0 Å². The summed E-state index contributed by atoms with van der Waals surface area (Å²) in [6.07, 6.45) is 7.72. The van der Waals surface area contributed by atoms with Gasteiger partial charge in [0.1, 0.15) is 0 Å². The van der Waals surface area contributed by atoms with Crippen LogP contribution in [0.5, 0.6) is 0 Å². The van der Waals surface area contributed by atoms with Gasteiger partial charge < -0.3 is 4.90 Å². The Hall–Kier alpha value is -2.28. The monoisotopic (exact) mass is 261 g/mol. The maximum absolute atomic E-state index is 2.41. The molecule has 100 valence electrons. The van der Waals surface area contributed by atoms with Crippen molar-refractivity contribution in [3.8, 4) is 0 Å². The first-order chi connectivity index (χ1) is 9.84. The predicted octanol–water partition coefficient (Wildman–Crippen LogP) is 5.10. The molecule has 3 rings (SSSR count). The highest BCUT2D eigenvalue weighted by atomic mass is 15.2. The van der Waals surface area contributed by atoms with E-state index in [-0.39, 0.29) is 0 Å². The van der Waals surface area contributed by atoms with Crippen LogP contribution in [0.4, 0.5) is 11.4 Å². The molecule has 20 heavy (non-hydrogen) atoms. The number of hydrogen-bond donors (Lipinski definition) is 0. The molecule has 1 aliphatic carbocycles. The Bertz CT molecular complexity index is 571. The Balaban J connectivity index is 2.01. The Kier molecular flexibility index (Phi) is 3.69. The van der Waals surface area contributed by atoms with E-state index >= 15 is 0 Å². The fourth-order valence-electron chi connectivity index (χ4n) is 2.70. The second-order valence-corrected chi connectivity index (χ2v) is 5.21. The lowest BCUT2D eigenvalue weighted by Gasteiger charge is -2.33. The Morgan fingerprint density at radius 2 is 1.40 bits per heavy atom. The van der Waals surface area contributed by atoms with E-state index in [1.807, 2.05) is 0 Å². The van der Waals surface area contributed by atoms with Crippen LogP contribution >= 0.6 is 0 Å². The minimum Gasteiger partial charge on any atom is -0.334 e. The van der Waals surface area contributed by atoms with Crippen LogP contribution in [-0.4, -0.2) is 6.04 Å². The van der Waals surface area contributed by atoms with Crippen LogP contribution in [0.3, 0.4) is 0 Å². The molecule has 0 N–H and O–H groups in total. The maximum atomic E-state index is 2.41. The van der Waals surface area contributed by atoms with Crippen LogP contribution in [0.2, 0.25) is 0 Å². The Morgan fingerprint density at radius 3 is 1.90 bits per heavy atom. The number of anilines is 2. The molecule has 1 nitrogen and oxygen atoms in total. The molecular weight excluding hydrogens is 242 g/mol. The van der Waals surface area contributed by atoms with Gasteiger partial charge in [0, 0.05) is 11.4 Å². The van der Waals surface area contributed by atoms with Gasteiger partial charge in [-0.2, -0.15) is 0 Å². The average molecular weight is 261 g/mol. The molecule has 0 heterocycles. The Labute approximate surface area is 120 Å². The molecule has 0 spiro atoms. The van der Waals surface area contributed by atoms with Crippen molar-refractivity contribution in [1.82, 2.24) is 0 Å². The van der Waals surface area contributed by atoms with Crippen molar-refractivity contribution in [1.29, 1.82) is 0 Å². The molecule has 0 saturated carbocycles. The van der Waals surface area contributed by atoms with Crippen LogP contribution < -0.4 is 4.90 Å². The number of para-hydroxylation sites is 2. The normalized spacial score (nSPS) is 17.6. The highest BCUT2D eigenvalue weighted by Gasteiger charge is 2.19. The van der Waals surface area contributed by atoms with Gasteiger partial charge in [-0.05, 0) is 37.6 Å². The Morgan fingerprint density at radius 1 is 0.850 bits per heavy atom. The van der Waals surface area contributed by atoms with E-state index in [0.717, 1.165) is 6.42 Å². The van der Waals surface area contributed by atoms with Gasteiger partial charge in [0.2, 0.25) is 0 Å². The zero-order valence-electron chi connectivity index (χ0n) is 11.7. The minimum atomic E-state index is 0.379. The molecule has 0 fully saturated rings. The van der Waals surface area contributed by atoms with Gasteiger partial charge in [-0.25, -0.2) is 0 Å². The van der Waals surface area contributed by atoms with Crippen molar-refractivity contribution in [3.05, 3.63) is 84.5 Å². The lowest BCUT2D eigenvalue weighted by molar-refractivity contribution is 0.757. The molecule has 0 radical (unpaired) electrons. The number of rotatable bonds is 3.